The van der Waals surface area contributed by atoms with Crippen LogP contribution in [0.3, 0.4) is 0 Å². The SMILES string of the molecule is O=C(CNC(=O)c1ccco1)Nc1cccc(S(=O)(=O)Nc2ccc(Br)cc2)c1. The van der Waals surface area contributed by atoms with Gasteiger partial charge in [-0.25, -0.2) is 8.42 Å². The van der Waals surface area contributed by atoms with Gasteiger partial charge in [0.2, 0.25) is 5.91 Å². The van der Waals surface area contributed by atoms with Crippen LogP contribution in [0.4, 0.5) is 11.4 Å². The van der Waals surface area contributed by atoms with Crippen LogP contribution in [-0.2, 0) is 14.8 Å². The molecule has 150 valence electrons. The fraction of sp³-hybridized carbons (Fsp3) is 0.0526. The summed E-state index contributed by atoms with van der Waals surface area (Å²) >= 11 is 3.29. The zero-order chi connectivity index (χ0) is 20.9. The van der Waals surface area contributed by atoms with Gasteiger partial charge in [0.1, 0.15) is 0 Å². The Bertz CT molecular complexity index is 1110. The van der Waals surface area contributed by atoms with Crippen molar-refractivity contribution >= 4 is 49.1 Å². The fourth-order valence-corrected chi connectivity index (χ4v) is 3.70. The summed E-state index contributed by atoms with van der Waals surface area (Å²) in [6.07, 6.45) is 1.35. The first-order chi connectivity index (χ1) is 13.8. The van der Waals surface area contributed by atoms with E-state index in [2.05, 4.69) is 31.3 Å². The van der Waals surface area contributed by atoms with E-state index in [0.717, 1.165) is 4.47 Å². The molecule has 2 amide bonds. The van der Waals surface area contributed by atoms with Gasteiger partial charge in [0.05, 0.1) is 17.7 Å². The van der Waals surface area contributed by atoms with Crippen LogP contribution in [0.5, 0.6) is 0 Å². The van der Waals surface area contributed by atoms with Crippen LogP contribution in [0.2, 0.25) is 0 Å². The third-order valence-electron chi connectivity index (χ3n) is 3.68. The van der Waals surface area contributed by atoms with E-state index >= 15 is 0 Å². The quantitative estimate of drug-likeness (QED) is 0.482. The van der Waals surface area contributed by atoms with E-state index < -0.39 is 21.8 Å². The van der Waals surface area contributed by atoms with Gasteiger partial charge in [0, 0.05) is 15.8 Å². The lowest BCUT2D eigenvalue weighted by Crippen LogP contribution is -2.32. The van der Waals surface area contributed by atoms with Gasteiger partial charge in [-0.1, -0.05) is 22.0 Å². The first-order valence-corrected chi connectivity index (χ1v) is 10.6. The van der Waals surface area contributed by atoms with Gasteiger partial charge in [0.25, 0.3) is 15.9 Å². The fourth-order valence-electron chi connectivity index (χ4n) is 2.33. The molecule has 10 heteroatoms. The Kier molecular flexibility index (Phi) is 6.35. The van der Waals surface area contributed by atoms with Crippen molar-refractivity contribution in [2.45, 2.75) is 4.90 Å². The minimum atomic E-state index is -3.84. The van der Waals surface area contributed by atoms with Crippen molar-refractivity contribution in [3.8, 4) is 0 Å². The van der Waals surface area contributed by atoms with Crippen molar-refractivity contribution in [1.82, 2.24) is 5.32 Å². The van der Waals surface area contributed by atoms with Crippen LogP contribution in [-0.4, -0.2) is 26.8 Å². The van der Waals surface area contributed by atoms with Crippen LogP contribution in [0.1, 0.15) is 10.6 Å². The molecule has 3 N–H and O–H groups in total. The summed E-state index contributed by atoms with van der Waals surface area (Å²) in [6.45, 7) is -0.298. The first-order valence-electron chi connectivity index (χ1n) is 8.33. The summed E-state index contributed by atoms with van der Waals surface area (Å²) in [6, 6.07) is 15.5. The second-order valence-corrected chi connectivity index (χ2v) is 8.45. The van der Waals surface area contributed by atoms with Gasteiger partial charge in [0.15, 0.2) is 5.76 Å². The number of furan rings is 1. The van der Waals surface area contributed by atoms with Crippen molar-refractivity contribution in [3.05, 3.63) is 77.2 Å². The zero-order valence-electron chi connectivity index (χ0n) is 14.9. The molecule has 2 aromatic carbocycles. The van der Waals surface area contributed by atoms with Crippen LogP contribution in [0, 0.1) is 0 Å². The number of hydrogen-bond acceptors (Lipinski definition) is 5. The van der Waals surface area contributed by atoms with Gasteiger partial charge in [-0.05, 0) is 54.6 Å². The van der Waals surface area contributed by atoms with Crippen molar-refractivity contribution < 1.29 is 22.4 Å². The van der Waals surface area contributed by atoms with E-state index in [9.17, 15) is 18.0 Å². The normalized spacial score (nSPS) is 10.9. The van der Waals surface area contributed by atoms with Crippen LogP contribution in [0.15, 0.2) is 80.7 Å². The van der Waals surface area contributed by atoms with Crippen molar-refractivity contribution in [2.24, 2.45) is 0 Å². The Balaban J connectivity index is 1.63. The predicted molar refractivity (Wildman–Crippen MR) is 111 cm³/mol. The molecule has 0 aliphatic rings. The molecule has 0 aliphatic heterocycles. The Morgan fingerprint density at radius 1 is 0.966 bits per heavy atom. The molecular weight excluding hydrogens is 462 g/mol. The van der Waals surface area contributed by atoms with Gasteiger partial charge in [-0.15, -0.1) is 0 Å². The Labute approximate surface area is 175 Å². The molecule has 3 aromatic rings. The van der Waals surface area contributed by atoms with E-state index in [1.807, 2.05) is 0 Å². The predicted octanol–water partition coefficient (Wildman–Crippen LogP) is 3.21. The monoisotopic (exact) mass is 477 g/mol. The van der Waals surface area contributed by atoms with Crippen molar-refractivity contribution in [2.75, 3.05) is 16.6 Å². The summed E-state index contributed by atoms with van der Waals surface area (Å²) in [4.78, 5) is 23.8. The van der Waals surface area contributed by atoms with Gasteiger partial charge in [-0.2, -0.15) is 0 Å². The molecule has 1 aromatic heterocycles. The number of halogens is 1. The Morgan fingerprint density at radius 3 is 2.41 bits per heavy atom. The van der Waals surface area contributed by atoms with Crippen LogP contribution in [0.25, 0.3) is 0 Å². The third kappa shape index (κ3) is 5.69. The number of nitrogens with one attached hydrogen (secondary N) is 3. The first kappa shape index (κ1) is 20.6. The minimum Gasteiger partial charge on any atom is -0.459 e. The molecule has 0 spiro atoms. The van der Waals surface area contributed by atoms with Crippen LogP contribution < -0.4 is 15.4 Å². The van der Waals surface area contributed by atoms with Gasteiger partial charge < -0.3 is 15.1 Å². The highest BCUT2D eigenvalue weighted by Gasteiger charge is 2.16. The maximum Gasteiger partial charge on any atom is 0.287 e. The number of rotatable bonds is 7. The molecule has 0 saturated carbocycles. The summed E-state index contributed by atoms with van der Waals surface area (Å²) in [5.74, 6) is -0.953. The summed E-state index contributed by atoms with van der Waals surface area (Å²) in [5, 5.41) is 4.95. The summed E-state index contributed by atoms with van der Waals surface area (Å²) in [5.41, 5.74) is 0.684. The van der Waals surface area contributed by atoms with E-state index in [1.165, 1.54) is 30.5 Å². The Hall–Kier alpha value is -3.11. The molecule has 0 fully saturated rings. The van der Waals surface area contributed by atoms with Gasteiger partial charge in [-0.3, -0.25) is 14.3 Å². The zero-order valence-corrected chi connectivity index (χ0v) is 17.3. The highest BCUT2D eigenvalue weighted by molar-refractivity contribution is 9.10. The Morgan fingerprint density at radius 2 is 1.72 bits per heavy atom. The smallest absolute Gasteiger partial charge is 0.287 e. The van der Waals surface area contributed by atoms with E-state index in [-0.39, 0.29) is 22.9 Å². The number of carbonyl (C=O) groups excluding carboxylic acids is 2. The molecule has 8 nitrogen and oxygen atoms in total. The lowest BCUT2D eigenvalue weighted by atomic mass is 10.3. The maximum absolute atomic E-state index is 12.6. The van der Waals surface area contributed by atoms with Gasteiger partial charge >= 0.3 is 0 Å². The standard InChI is InChI=1S/C19H16BrN3O5S/c20-13-6-8-14(9-7-13)23-29(26,27)16-4-1-3-15(11-16)22-18(24)12-21-19(25)17-5-2-10-28-17/h1-11,23H,12H2,(H,21,25)(H,22,24). The molecule has 0 atom stereocenters. The summed E-state index contributed by atoms with van der Waals surface area (Å²) in [7, 11) is -3.84. The van der Waals surface area contributed by atoms with E-state index in [0.29, 0.717) is 5.69 Å². The average Bonchev–Trinajstić information content (AvgIpc) is 3.23. The third-order valence-corrected chi connectivity index (χ3v) is 5.59. The summed E-state index contributed by atoms with van der Waals surface area (Å²) < 4.78 is 33.4. The van der Waals surface area contributed by atoms with Crippen molar-refractivity contribution in [1.29, 1.82) is 0 Å². The lowest BCUT2D eigenvalue weighted by Gasteiger charge is -2.10. The highest BCUT2D eigenvalue weighted by atomic mass is 79.9. The number of sulfonamides is 1. The number of hydrogen-bond donors (Lipinski definition) is 3. The van der Waals surface area contributed by atoms with E-state index in [1.54, 1.807) is 36.4 Å². The highest BCUT2D eigenvalue weighted by Crippen LogP contribution is 2.20. The lowest BCUT2D eigenvalue weighted by molar-refractivity contribution is -0.115. The number of benzene rings is 2. The molecular formula is C19H16BrN3O5S. The molecule has 0 unspecified atom stereocenters. The molecule has 0 saturated heterocycles. The topological polar surface area (TPSA) is 118 Å². The maximum atomic E-state index is 12.6. The number of amides is 2. The average molecular weight is 478 g/mol. The minimum absolute atomic E-state index is 0.0159. The van der Waals surface area contributed by atoms with Crippen molar-refractivity contribution in [3.63, 3.8) is 0 Å². The van der Waals surface area contributed by atoms with Crippen LogP contribution >= 0.6 is 15.9 Å². The molecule has 0 bridgehead atoms. The number of anilines is 2. The second-order valence-electron chi connectivity index (χ2n) is 5.85. The largest absolute Gasteiger partial charge is 0.459 e. The molecule has 1 heterocycles. The molecule has 3 rings (SSSR count). The molecule has 29 heavy (non-hydrogen) atoms. The number of carbonyl (C=O) groups is 2. The van der Waals surface area contributed by atoms with E-state index in [4.69, 9.17) is 4.42 Å². The molecule has 0 aliphatic carbocycles. The molecule has 0 radical (unpaired) electrons. The second kappa shape index (κ2) is 8.93.